The van der Waals surface area contributed by atoms with Crippen LogP contribution in [-0.4, -0.2) is 25.9 Å². The summed E-state index contributed by atoms with van der Waals surface area (Å²) in [4.78, 5) is 0. The number of rotatable bonds is 2. The Labute approximate surface area is 130 Å². The molecule has 2 N–H and O–H groups in total. The first-order valence-electron chi connectivity index (χ1n) is 7.67. The van der Waals surface area contributed by atoms with Crippen LogP contribution in [0.2, 0.25) is 0 Å². The molecular weight excluding hydrogens is 280 g/mol. The number of pyridine rings is 1. The van der Waals surface area contributed by atoms with Crippen LogP contribution in [0.25, 0.3) is 5.65 Å². The molecule has 114 valence electrons. The van der Waals surface area contributed by atoms with Gasteiger partial charge in [-0.2, -0.15) is 0 Å². The quantitative estimate of drug-likeness (QED) is 0.924. The molecule has 0 bridgehead atoms. The summed E-state index contributed by atoms with van der Waals surface area (Å²) in [5.41, 5.74) is 7.62. The van der Waals surface area contributed by atoms with Gasteiger partial charge in [-0.15, -0.1) is 10.2 Å². The summed E-state index contributed by atoms with van der Waals surface area (Å²) >= 11 is 1.79. The SMILES string of the molecule is CC(C)(C)C1CCC(N)C(Sc2nnc3ccccn23)C1. The van der Waals surface area contributed by atoms with E-state index in [0.717, 1.165) is 29.6 Å². The first-order chi connectivity index (χ1) is 9.95. The zero-order chi connectivity index (χ0) is 15.0. The van der Waals surface area contributed by atoms with Crippen molar-refractivity contribution < 1.29 is 0 Å². The number of aromatic nitrogens is 3. The molecule has 4 nitrogen and oxygen atoms in total. The molecular formula is C16H24N4S. The van der Waals surface area contributed by atoms with Gasteiger partial charge in [0.05, 0.1) is 0 Å². The molecule has 2 aromatic rings. The van der Waals surface area contributed by atoms with Crippen LogP contribution in [-0.2, 0) is 0 Å². The van der Waals surface area contributed by atoms with E-state index in [0.29, 0.717) is 10.7 Å². The van der Waals surface area contributed by atoms with Crippen molar-refractivity contribution in [1.82, 2.24) is 14.6 Å². The zero-order valence-corrected chi connectivity index (χ0v) is 13.8. The minimum absolute atomic E-state index is 0.254. The van der Waals surface area contributed by atoms with E-state index >= 15 is 0 Å². The van der Waals surface area contributed by atoms with Crippen molar-refractivity contribution in [1.29, 1.82) is 0 Å². The summed E-state index contributed by atoms with van der Waals surface area (Å²) in [6.07, 6.45) is 5.53. The molecule has 1 aliphatic rings. The second-order valence-electron chi connectivity index (χ2n) is 7.11. The number of hydrogen-bond acceptors (Lipinski definition) is 4. The third kappa shape index (κ3) is 3.09. The number of nitrogens with zero attached hydrogens (tertiary/aromatic N) is 3. The van der Waals surface area contributed by atoms with Crippen molar-refractivity contribution in [2.45, 2.75) is 56.5 Å². The maximum atomic E-state index is 6.37. The average molecular weight is 304 g/mol. The van der Waals surface area contributed by atoms with Crippen LogP contribution < -0.4 is 5.73 Å². The molecule has 2 heterocycles. The summed E-state index contributed by atoms with van der Waals surface area (Å²) in [7, 11) is 0. The van der Waals surface area contributed by atoms with Gasteiger partial charge < -0.3 is 5.73 Å². The molecule has 1 aliphatic carbocycles. The largest absolute Gasteiger partial charge is 0.327 e. The van der Waals surface area contributed by atoms with Gasteiger partial charge in [0, 0.05) is 17.5 Å². The Balaban J connectivity index is 1.79. The van der Waals surface area contributed by atoms with E-state index in [9.17, 15) is 0 Å². The van der Waals surface area contributed by atoms with Crippen LogP contribution in [0.5, 0.6) is 0 Å². The summed E-state index contributed by atoms with van der Waals surface area (Å²) < 4.78 is 2.05. The number of hydrogen-bond donors (Lipinski definition) is 1. The van der Waals surface area contributed by atoms with Crippen molar-refractivity contribution in [2.24, 2.45) is 17.1 Å². The van der Waals surface area contributed by atoms with E-state index in [1.807, 2.05) is 24.4 Å². The van der Waals surface area contributed by atoms with E-state index in [2.05, 4.69) is 35.4 Å². The summed E-state index contributed by atoms with van der Waals surface area (Å²) in [5.74, 6) is 0.731. The Morgan fingerprint density at radius 2 is 2.05 bits per heavy atom. The Kier molecular flexibility index (Phi) is 3.97. The van der Waals surface area contributed by atoms with Crippen molar-refractivity contribution in [2.75, 3.05) is 0 Å². The predicted molar refractivity (Wildman–Crippen MR) is 87.4 cm³/mol. The van der Waals surface area contributed by atoms with Crippen molar-refractivity contribution in [3.8, 4) is 0 Å². The van der Waals surface area contributed by atoms with Gasteiger partial charge >= 0.3 is 0 Å². The highest BCUT2D eigenvalue weighted by molar-refractivity contribution is 7.99. The lowest BCUT2D eigenvalue weighted by molar-refractivity contribution is 0.174. The standard InChI is InChI=1S/C16H24N4S/c1-16(2,3)11-7-8-12(17)13(10-11)21-15-19-18-14-6-4-5-9-20(14)15/h4-6,9,11-13H,7-8,10,17H2,1-3H3. The Morgan fingerprint density at radius 3 is 2.81 bits per heavy atom. The maximum absolute atomic E-state index is 6.37. The smallest absolute Gasteiger partial charge is 0.195 e. The van der Waals surface area contributed by atoms with E-state index in [4.69, 9.17) is 5.73 Å². The van der Waals surface area contributed by atoms with Crippen molar-refractivity contribution in [3.05, 3.63) is 24.4 Å². The lowest BCUT2D eigenvalue weighted by atomic mass is 9.71. The van der Waals surface area contributed by atoms with Gasteiger partial charge in [0.25, 0.3) is 0 Å². The molecule has 0 aliphatic heterocycles. The van der Waals surface area contributed by atoms with Gasteiger partial charge in [0.15, 0.2) is 10.8 Å². The molecule has 3 atom stereocenters. The minimum atomic E-state index is 0.254. The van der Waals surface area contributed by atoms with Crippen molar-refractivity contribution >= 4 is 17.4 Å². The highest BCUT2D eigenvalue weighted by Crippen LogP contribution is 2.42. The predicted octanol–water partition coefficient (Wildman–Crippen LogP) is 3.36. The Hall–Kier alpha value is -1.07. The summed E-state index contributed by atoms with van der Waals surface area (Å²) in [5, 5.41) is 9.95. The van der Waals surface area contributed by atoms with Gasteiger partial charge in [0.2, 0.25) is 0 Å². The highest BCUT2D eigenvalue weighted by atomic mass is 32.2. The first-order valence-corrected chi connectivity index (χ1v) is 8.55. The summed E-state index contributed by atoms with van der Waals surface area (Å²) in [6.45, 7) is 7.01. The fraction of sp³-hybridized carbons (Fsp3) is 0.625. The second kappa shape index (κ2) is 5.61. The van der Waals surface area contributed by atoms with Crippen LogP contribution in [0.15, 0.2) is 29.6 Å². The van der Waals surface area contributed by atoms with Crippen molar-refractivity contribution in [3.63, 3.8) is 0 Å². The van der Waals surface area contributed by atoms with Gasteiger partial charge in [-0.3, -0.25) is 4.40 Å². The lowest BCUT2D eigenvalue weighted by Crippen LogP contribution is -2.41. The molecule has 3 rings (SSSR count). The second-order valence-corrected chi connectivity index (χ2v) is 8.31. The zero-order valence-electron chi connectivity index (χ0n) is 13.0. The van der Waals surface area contributed by atoms with Crippen LogP contribution in [0.1, 0.15) is 40.0 Å². The minimum Gasteiger partial charge on any atom is -0.327 e. The molecule has 2 aromatic heterocycles. The van der Waals surface area contributed by atoms with E-state index in [1.165, 1.54) is 6.42 Å². The van der Waals surface area contributed by atoms with E-state index in [1.54, 1.807) is 11.8 Å². The molecule has 3 unspecified atom stereocenters. The van der Waals surface area contributed by atoms with Gasteiger partial charge in [-0.05, 0) is 42.7 Å². The maximum Gasteiger partial charge on any atom is 0.195 e. The number of thioether (sulfide) groups is 1. The van der Waals surface area contributed by atoms with E-state index in [-0.39, 0.29) is 6.04 Å². The first kappa shape index (κ1) is 14.9. The molecule has 0 radical (unpaired) electrons. The Morgan fingerprint density at radius 1 is 1.24 bits per heavy atom. The third-order valence-corrected chi connectivity index (χ3v) is 5.94. The fourth-order valence-electron chi connectivity index (χ4n) is 3.11. The molecule has 0 spiro atoms. The monoisotopic (exact) mass is 304 g/mol. The van der Waals surface area contributed by atoms with Crippen LogP contribution in [0.3, 0.4) is 0 Å². The van der Waals surface area contributed by atoms with Gasteiger partial charge in [0.1, 0.15) is 0 Å². The average Bonchev–Trinajstić information content (AvgIpc) is 2.83. The fourth-order valence-corrected chi connectivity index (χ4v) is 4.38. The number of nitrogens with two attached hydrogens (primary N) is 1. The van der Waals surface area contributed by atoms with Gasteiger partial charge in [-0.25, -0.2) is 0 Å². The molecule has 0 saturated heterocycles. The Bertz CT molecular complexity index is 616. The molecule has 21 heavy (non-hydrogen) atoms. The van der Waals surface area contributed by atoms with Gasteiger partial charge in [-0.1, -0.05) is 38.6 Å². The molecule has 1 fully saturated rings. The lowest BCUT2D eigenvalue weighted by Gasteiger charge is -2.40. The highest BCUT2D eigenvalue weighted by Gasteiger charge is 2.35. The number of fused-ring (bicyclic) bond motifs is 1. The van der Waals surface area contributed by atoms with Crippen LogP contribution >= 0.6 is 11.8 Å². The molecule has 0 amide bonds. The molecule has 0 aromatic carbocycles. The van der Waals surface area contributed by atoms with E-state index < -0.39 is 0 Å². The molecule has 1 saturated carbocycles. The normalized spacial score (nSPS) is 27.1. The topological polar surface area (TPSA) is 56.2 Å². The summed E-state index contributed by atoms with van der Waals surface area (Å²) in [6, 6.07) is 6.24. The third-order valence-electron chi connectivity index (χ3n) is 4.61. The van der Waals surface area contributed by atoms with Crippen LogP contribution in [0, 0.1) is 11.3 Å². The van der Waals surface area contributed by atoms with Crippen LogP contribution in [0.4, 0.5) is 0 Å². The molecule has 5 heteroatoms.